The van der Waals surface area contributed by atoms with E-state index in [4.69, 9.17) is 0 Å². The van der Waals surface area contributed by atoms with Gasteiger partial charge in [-0.1, -0.05) is 30.3 Å². The summed E-state index contributed by atoms with van der Waals surface area (Å²) < 4.78 is 38.2. The third-order valence-corrected chi connectivity index (χ3v) is 2.42. The molecule has 78 valence electrons. The molecule has 0 heterocycles. The molecule has 4 heteroatoms. The van der Waals surface area contributed by atoms with Gasteiger partial charge in [0.2, 0.25) is 0 Å². The van der Waals surface area contributed by atoms with Gasteiger partial charge in [-0.2, -0.15) is 13.2 Å². The van der Waals surface area contributed by atoms with E-state index in [2.05, 4.69) is 5.32 Å². The molecule has 0 saturated heterocycles. The molecule has 0 bridgehead atoms. The summed E-state index contributed by atoms with van der Waals surface area (Å²) in [4.78, 5) is 0. The van der Waals surface area contributed by atoms with Crippen molar-refractivity contribution in [3.63, 3.8) is 0 Å². The van der Waals surface area contributed by atoms with Gasteiger partial charge < -0.3 is 5.32 Å². The predicted molar refractivity (Wildman–Crippen MR) is 48.9 cm³/mol. The summed E-state index contributed by atoms with van der Waals surface area (Å²) in [6.45, 7) is 1.13. The Balaban J connectivity index is 3.15. The summed E-state index contributed by atoms with van der Waals surface area (Å²) in [5.74, 6) is 0. The van der Waals surface area contributed by atoms with Crippen LogP contribution in [0.5, 0.6) is 0 Å². The largest absolute Gasteiger partial charge is 0.410 e. The Hall–Kier alpha value is -1.03. The standard InChI is InChI=1S/C10H12F3N/c1-9(14-2,10(11,12)13)8-6-4-3-5-7-8/h3-7,14H,1-2H3. The van der Waals surface area contributed by atoms with Crippen molar-refractivity contribution in [2.24, 2.45) is 0 Å². The zero-order valence-electron chi connectivity index (χ0n) is 8.02. The molecule has 0 saturated carbocycles. The van der Waals surface area contributed by atoms with Gasteiger partial charge in [0.05, 0.1) is 0 Å². The highest BCUT2D eigenvalue weighted by Crippen LogP contribution is 2.37. The van der Waals surface area contributed by atoms with Gasteiger partial charge in [-0.05, 0) is 19.5 Å². The summed E-state index contributed by atoms with van der Waals surface area (Å²) in [5, 5.41) is 2.31. The highest BCUT2D eigenvalue weighted by atomic mass is 19.4. The summed E-state index contributed by atoms with van der Waals surface area (Å²) in [5.41, 5.74) is -1.76. The normalized spacial score (nSPS) is 16.4. The number of rotatable bonds is 2. The number of hydrogen-bond donors (Lipinski definition) is 1. The molecule has 0 aliphatic heterocycles. The number of hydrogen-bond acceptors (Lipinski definition) is 1. The Morgan fingerprint density at radius 3 is 1.93 bits per heavy atom. The fourth-order valence-corrected chi connectivity index (χ4v) is 1.22. The molecule has 0 aromatic heterocycles. The van der Waals surface area contributed by atoms with Gasteiger partial charge in [-0.3, -0.25) is 0 Å². The minimum Gasteiger partial charge on any atom is -0.303 e. The molecule has 1 unspecified atom stereocenters. The van der Waals surface area contributed by atoms with Gasteiger partial charge in [0, 0.05) is 0 Å². The molecule has 1 nitrogen and oxygen atoms in total. The molecule has 1 rings (SSSR count). The quantitative estimate of drug-likeness (QED) is 0.779. The molecule has 1 aromatic rings. The summed E-state index contributed by atoms with van der Waals surface area (Å²) in [6.07, 6.45) is -4.30. The highest BCUT2D eigenvalue weighted by Gasteiger charge is 2.51. The number of alkyl halides is 3. The second-order valence-corrected chi connectivity index (χ2v) is 3.24. The first-order valence-corrected chi connectivity index (χ1v) is 4.23. The summed E-state index contributed by atoms with van der Waals surface area (Å²) in [6, 6.07) is 7.80. The molecule has 0 aliphatic carbocycles. The highest BCUT2D eigenvalue weighted by molar-refractivity contribution is 5.25. The lowest BCUT2D eigenvalue weighted by molar-refractivity contribution is -0.193. The maximum atomic E-state index is 12.7. The molecular weight excluding hydrogens is 191 g/mol. The van der Waals surface area contributed by atoms with Crippen molar-refractivity contribution in [2.75, 3.05) is 7.05 Å². The lowest BCUT2D eigenvalue weighted by atomic mass is 9.91. The van der Waals surface area contributed by atoms with E-state index >= 15 is 0 Å². The van der Waals surface area contributed by atoms with E-state index < -0.39 is 11.7 Å². The van der Waals surface area contributed by atoms with E-state index in [-0.39, 0.29) is 5.56 Å². The maximum absolute atomic E-state index is 12.7. The summed E-state index contributed by atoms with van der Waals surface area (Å²) in [7, 11) is 1.31. The van der Waals surface area contributed by atoms with Crippen LogP contribution in [-0.2, 0) is 5.54 Å². The van der Waals surface area contributed by atoms with Crippen LogP contribution in [0.25, 0.3) is 0 Å². The Morgan fingerprint density at radius 1 is 1.07 bits per heavy atom. The second-order valence-electron chi connectivity index (χ2n) is 3.24. The molecule has 0 amide bonds. The zero-order chi connectivity index (χ0) is 10.8. The van der Waals surface area contributed by atoms with Crippen molar-refractivity contribution < 1.29 is 13.2 Å². The topological polar surface area (TPSA) is 12.0 Å². The fraction of sp³-hybridized carbons (Fsp3) is 0.400. The predicted octanol–water partition coefficient (Wildman–Crippen LogP) is 2.68. The molecule has 0 fully saturated rings. The van der Waals surface area contributed by atoms with Crippen LogP contribution in [0, 0.1) is 0 Å². The number of benzene rings is 1. The monoisotopic (exact) mass is 203 g/mol. The Kier molecular flexibility index (Phi) is 2.85. The lowest BCUT2D eigenvalue weighted by Crippen LogP contribution is -2.49. The average molecular weight is 203 g/mol. The van der Waals surface area contributed by atoms with Crippen molar-refractivity contribution in [1.82, 2.24) is 5.32 Å². The van der Waals surface area contributed by atoms with Crippen LogP contribution in [0.3, 0.4) is 0 Å². The molecule has 14 heavy (non-hydrogen) atoms. The molecule has 0 spiro atoms. The van der Waals surface area contributed by atoms with E-state index in [9.17, 15) is 13.2 Å². The van der Waals surface area contributed by atoms with E-state index in [0.717, 1.165) is 6.92 Å². The number of halogens is 3. The van der Waals surface area contributed by atoms with Gasteiger partial charge in [0.1, 0.15) is 5.54 Å². The van der Waals surface area contributed by atoms with Crippen molar-refractivity contribution >= 4 is 0 Å². The zero-order valence-corrected chi connectivity index (χ0v) is 8.02. The van der Waals surface area contributed by atoms with Crippen LogP contribution in [0.1, 0.15) is 12.5 Å². The first-order chi connectivity index (χ1) is 6.42. The molecule has 0 radical (unpaired) electrons. The number of nitrogens with one attached hydrogen (secondary N) is 1. The maximum Gasteiger partial charge on any atom is 0.410 e. The van der Waals surface area contributed by atoms with Gasteiger partial charge in [0.25, 0.3) is 0 Å². The smallest absolute Gasteiger partial charge is 0.303 e. The molecule has 1 atom stereocenters. The first kappa shape index (κ1) is 11.0. The average Bonchev–Trinajstić information content (AvgIpc) is 2.16. The van der Waals surface area contributed by atoms with Crippen molar-refractivity contribution in [2.45, 2.75) is 18.6 Å². The molecule has 0 aliphatic rings. The van der Waals surface area contributed by atoms with Crippen LogP contribution >= 0.6 is 0 Å². The Morgan fingerprint density at radius 2 is 1.57 bits per heavy atom. The van der Waals surface area contributed by atoms with Crippen LogP contribution in [0.4, 0.5) is 13.2 Å². The molecule has 1 N–H and O–H groups in total. The van der Waals surface area contributed by atoms with E-state index in [0.29, 0.717) is 0 Å². The first-order valence-electron chi connectivity index (χ1n) is 4.23. The van der Waals surface area contributed by atoms with Gasteiger partial charge in [0.15, 0.2) is 0 Å². The SMILES string of the molecule is CNC(C)(c1ccccc1)C(F)(F)F. The van der Waals surface area contributed by atoms with Crippen molar-refractivity contribution in [1.29, 1.82) is 0 Å². The van der Waals surface area contributed by atoms with Gasteiger partial charge in [-0.15, -0.1) is 0 Å². The van der Waals surface area contributed by atoms with Crippen LogP contribution in [0.15, 0.2) is 30.3 Å². The van der Waals surface area contributed by atoms with E-state index in [1.165, 1.54) is 19.2 Å². The minimum absolute atomic E-state index is 0.218. The molecule has 1 aromatic carbocycles. The second kappa shape index (κ2) is 3.61. The minimum atomic E-state index is -4.30. The third-order valence-electron chi connectivity index (χ3n) is 2.42. The third kappa shape index (κ3) is 1.75. The van der Waals surface area contributed by atoms with Crippen LogP contribution in [-0.4, -0.2) is 13.2 Å². The van der Waals surface area contributed by atoms with Crippen molar-refractivity contribution in [3.8, 4) is 0 Å². The van der Waals surface area contributed by atoms with Crippen molar-refractivity contribution in [3.05, 3.63) is 35.9 Å². The Bertz CT molecular complexity index is 294. The van der Waals surface area contributed by atoms with E-state index in [1.807, 2.05) is 0 Å². The van der Waals surface area contributed by atoms with Gasteiger partial charge >= 0.3 is 6.18 Å². The van der Waals surface area contributed by atoms with E-state index in [1.54, 1.807) is 18.2 Å². The Labute approximate surface area is 80.9 Å². The summed E-state index contributed by atoms with van der Waals surface area (Å²) >= 11 is 0. The van der Waals surface area contributed by atoms with Crippen LogP contribution in [0.2, 0.25) is 0 Å². The fourth-order valence-electron chi connectivity index (χ4n) is 1.22. The van der Waals surface area contributed by atoms with Crippen LogP contribution < -0.4 is 5.32 Å². The van der Waals surface area contributed by atoms with Gasteiger partial charge in [-0.25, -0.2) is 0 Å². The molecular formula is C10H12F3N. The lowest BCUT2D eigenvalue weighted by Gasteiger charge is -2.32.